The normalized spacial score (nSPS) is 57.5. The summed E-state index contributed by atoms with van der Waals surface area (Å²) in [5.74, 6) is -0.122. The Balaban J connectivity index is 1.73. The van der Waals surface area contributed by atoms with Crippen LogP contribution in [0.15, 0.2) is 0 Å². The molecule has 3 saturated carbocycles. The lowest BCUT2D eigenvalue weighted by Gasteiger charge is -2.36. The first-order valence-electron chi connectivity index (χ1n) is 9.02. The standard InChI is InChI=1S/C18H29NO4/c1-16-6-5-10-11(8-19(3)4)15(21)23-13(10)14-17(2,22)12(20)7-18(14,16)9-16/h10-14,20,22H,5-9H2,1-4H3/p+1/t10-,11-,12+,13-,14-,16-,17+,18-/m0/s1. The highest BCUT2D eigenvalue weighted by atomic mass is 16.6. The molecular formula is C18H30NO4+. The van der Waals surface area contributed by atoms with Crippen molar-refractivity contribution in [2.45, 2.75) is 57.3 Å². The maximum atomic E-state index is 12.5. The summed E-state index contributed by atoms with van der Waals surface area (Å²) in [7, 11) is 4.13. The van der Waals surface area contributed by atoms with E-state index in [1.165, 1.54) is 4.90 Å². The van der Waals surface area contributed by atoms with E-state index in [0.717, 1.165) is 25.8 Å². The number of carbonyl (C=O) groups is 1. The van der Waals surface area contributed by atoms with Gasteiger partial charge in [-0.15, -0.1) is 0 Å². The summed E-state index contributed by atoms with van der Waals surface area (Å²) in [6.07, 6.45) is 2.81. The van der Waals surface area contributed by atoms with Crippen LogP contribution in [0.4, 0.5) is 0 Å². The number of nitrogens with one attached hydrogen (secondary N) is 1. The fourth-order valence-electron chi connectivity index (χ4n) is 6.44. The molecule has 0 radical (unpaired) electrons. The van der Waals surface area contributed by atoms with E-state index in [1.54, 1.807) is 6.92 Å². The lowest BCUT2D eigenvalue weighted by atomic mass is 9.73. The average molecular weight is 324 g/mol. The highest BCUT2D eigenvalue weighted by Crippen LogP contribution is 2.80. The molecule has 23 heavy (non-hydrogen) atoms. The summed E-state index contributed by atoms with van der Waals surface area (Å²) in [5.41, 5.74) is -1.02. The van der Waals surface area contributed by atoms with Crippen molar-refractivity contribution < 1.29 is 24.6 Å². The second-order valence-corrected chi connectivity index (χ2v) is 9.44. The summed E-state index contributed by atoms with van der Waals surface area (Å²) in [4.78, 5) is 13.7. The molecule has 1 heterocycles. The van der Waals surface area contributed by atoms with E-state index in [1.807, 2.05) is 0 Å². The molecule has 3 N–H and O–H groups in total. The molecule has 0 amide bonds. The summed E-state index contributed by atoms with van der Waals surface area (Å²) in [5, 5.41) is 21.5. The maximum absolute atomic E-state index is 12.5. The van der Waals surface area contributed by atoms with Crippen molar-refractivity contribution in [1.82, 2.24) is 0 Å². The highest BCUT2D eigenvalue weighted by molar-refractivity contribution is 5.75. The maximum Gasteiger partial charge on any atom is 0.315 e. The molecule has 1 spiro atoms. The van der Waals surface area contributed by atoms with Gasteiger partial charge < -0.3 is 19.8 Å². The number of esters is 1. The molecule has 0 bridgehead atoms. The number of aliphatic hydroxyl groups is 2. The van der Waals surface area contributed by atoms with E-state index < -0.39 is 11.7 Å². The van der Waals surface area contributed by atoms with Crippen LogP contribution < -0.4 is 4.90 Å². The number of hydrogen-bond acceptors (Lipinski definition) is 4. The van der Waals surface area contributed by atoms with Crippen LogP contribution >= 0.6 is 0 Å². The molecule has 0 unspecified atom stereocenters. The molecule has 5 nitrogen and oxygen atoms in total. The Bertz CT molecular complexity index is 547. The van der Waals surface area contributed by atoms with Crippen molar-refractivity contribution in [2.24, 2.45) is 28.6 Å². The number of carbonyl (C=O) groups excluding carboxylic acids is 1. The van der Waals surface area contributed by atoms with Crippen LogP contribution in [-0.4, -0.2) is 54.6 Å². The number of ether oxygens (including phenoxy) is 1. The van der Waals surface area contributed by atoms with Crippen molar-refractivity contribution in [3.8, 4) is 0 Å². The first-order valence-corrected chi connectivity index (χ1v) is 9.02. The summed E-state index contributed by atoms with van der Waals surface area (Å²) in [6, 6.07) is 0. The quantitative estimate of drug-likeness (QED) is 0.605. The third-order valence-corrected chi connectivity index (χ3v) is 7.72. The number of fused-ring (bicyclic) bond motifs is 2. The van der Waals surface area contributed by atoms with Crippen molar-refractivity contribution in [3.63, 3.8) is 0 Å². The SMILES string of the molecule is C[NH+](C)C[C@@H]1C(=O)O[C@H]2[C@H]1CC[C@@]1(C)C[C@]13C[C@@H](O)[C@@](C)(O)[C@H]23. The van der Waals surface area contributed by atoms with Crippen LogP contribution in [-0.2, 0) is 9.53 Å². The van der Waals surface area contributed by atoms with Gasteiger partial charge in [0, 0.05) is 11.8 Å². The molecule has 0 aromatic rings. The Morgan fingerprint density at radius 1 is 1.35 bits per heavy atom. The Morgan fingerprint density at radius 2 is 2.04 bits per heavy atom. The molecule has 1 aliphatic heterocycles. The van der Waals surface area contributed by atoms with Crippen LogP contribution in [0.5, 0.6) is 0 Å². The van der Waals surface area contributed by atoms with E-state index in [4.69, 9.17) is 4.74 Å². The lowest BCUT2D eigenvalue weighted by Crippen LogP contribution is -3.06. The topological polar surface area (TPSA) is 71.2 Å². The monoisotopic (exact) mass is 324 g/mol. The molecule has 0 aromatic heterocycles. The fourth-order valence-corrected chi connectivity index (χ4v) is 6.44. The van der Waals surface area contributed by atoms with Gasteiger partial charge in [0.05, 0.1) is 32.3 Å². The van der Waals surface area contributed by atoms with Gasteiger partial charge in [0.1, 0.15) is 12.0 Å². The molecule has 4 aliphatic rings. The van der Waals surface area contributed by atoms with Crippen molar-refractivity contribution in [3.05, 3.63) is 0 Å². The second kappa shape index (κ2) is 4.50. The number of quaternary nitrogens is 1. The van der Waals surface area contributed by atoms with Gasteiger partial charge >= 0.3 is 5.97 Å². The zero-order chi connectivity index (χ0) is 16.8. The molecule has 4 fully saturated rings. The largest absolute Gasteiger partial charge is 0.461 e. The zero-order valence-electron chi connectivity index (χ0n) is 14.6. The van der Waals surface area contributed by atoms with E-state index in [9.17, 15) is 15.0 Å². The number of rotatable bonds is 2. The third kappa shape index (κ3) is 1.87. The van der Waals surface area contributed by atoms with E-state index in [0.29, 0.717) is 6.42 Å². The Kier molecular flexibility index (Phi) is 3.10. The molecule has 8 atom stereocenters. The van der Waals surface area contributed by atoms with Gasteiger partial charge in [-0.25, -0.2) is 0 Å². The number of aliphatic hydroxyl groups excluding tert-OH is 1. The zero-order valence-corrected chi connectivity index (χ0v) is 14.6. The molecule has 3 aliphatic carbocycles. The van der Waals surface area contributed by atoms with Crippen LogP contribution in [0.25, 0.3) is 0 Å². The molecular weight excluding hydrogens is 294 g/mol. The van der Waals surface area contributed by atoms with Crippen LogP contribution in [0, 0.1) is 28.6 Å². The lowest BCUT2D eigenvalue weighted by molar-refractivity contribution is -0.861. The smallest absolute Gasteiger partial charge is 0.315 e. The van der Waals surface area contributed by atoms with Crippen LogP contribution in [0.1, 0.15) is 39.5 Å². The predicted molar refractivity (Wildman–Crippen MR) is 83.7 cm³/mol. The van der Waals surface area contributed by atoms with Crippen molar-refractivity contribution in [1.29, 1.82) is 0 Å². The summed E-state index contributed by atoms with van der Waals surface area (Å²) >= 11 is 0. The first-order chi connectivity index (χ1) is 10.6. The van der Waals surface area contributed by atoms with Crippen LogP contribution in [0.2, 0.25) is 0 Å². The highest BCUT2D eigenvalue weighted by Gasteiger charge is 2.79. The Labute approximate surface area is 138 Å². The predicted octanol–water partition coefficient (Wildman–Crippen LogP) is -0.389. The second-order valence-electron chi connectivity index (χ2n) is 9.44. The first kappa shape index (κ1) is 15.9. The van der Waals surface area contributed by atoms with Crippen LogP contribution in [0.3, 0.4) is 0 Å². The van der Waals surface area contributed by atoms with Gasteiger partial charge in [-0.05, 0) is 43.4 Å². The summed E-state index contributed by atoms with van der Waals surface area (Å²) in [6.45, 7) is 4.82. The minimum Gasteiger partial charge on any atom is -0.461 e. The minimum absolute atomic E-state index is 0.0462. The molecule has 130 valence electrons. The van der Waals surface area contributed by atoms with Crippen molar-refractivity contribution in [2.75, 3.05) is 20.6 Å². The molecule has 5 heteroatoms. The molecule has 1 saturated heterocycles. The van der Waals surface area contributed by atoms with E-state index in [-0.39, 0.29) is 40.7 Å². The van der Waals surface area contributed by atoms with Gasteiger partial charge in [-0.2, -0.15) is 0 Å². The number of hydrogen-bond donors (Lipinski definition) is 3. The Hall–Kier alpha value is -0.650. The van der Waals surface area contributed by atoms with Crippen molar-refractivity contribution >= 4 is 5.97 Å². The minimum atomic E-state index is -1.16. The molecule has 4 rings (SSSR count). The van der Waals surface area contributed by atoms with E-state index >= 15 is 0 Å². The molecule has 0 aromatic carbocycles. The van der Waals surface area contributed by atoms with E-state index in [2.05, 4.69) is 21.0 Å². The van der Waals surface area contributed by atoms with Gasteiger partial charge in [-0.3, -0.25) is 4.79 Å². The van der Waals surface area contributed by atoms with Gasteiger partial charge in [0.15, 0.2) is 0 Å². The van der Waals surface area contributed by atoms with Gasteiger partial charge in [0.2, 0.25) is 0 Å². The fraction of sp³-hybridized carbons (Fsp3) is 0.944. The third-order valence-electron chi connectivity index (χ3n) is 7.72. The van der Waals surface area contributed by atoms with Gasteiger partial charge in [0.25, 0.3) is 0 Å². The summed E-state index contributed by atoms with van der Waals surface area (Å²) < 4.78 is 5.87. The Morgan fingerprint density at radius 3 is 2.70 bits per heavy atom. The van der Waals surface area contributed by atoms with Gasteiger partial charge in [-0.1, -0.05) is 6.92 Å². The average Bonchev–Trinajstić information content (AvgIpc) is 2.82.